The Morgan fingerprint density at radius 2 is 1.96 bits per heavy atom. The van der Waals surface area contributed by atoms with Crippen LogP contribution in [0.2, 0.25) is 0 Å². The second-order valence-corrected chi connectivity index (χ2v) is 7.82. The molecule has 0 aromatic heterocycles. The average molecular weight is 364 g/mol. The highest BCUT2D eigenvalue weighted by atomic mass is 16.5. The van der Waals surface area contributed by atoms with E-state index in [0.29, 0.717) is 18.1 Å². The van der Waals surface area contributed by atoms with Crippen LogP contribution in [-0.2, 0) is 4.74 Å². The van der Waals surface area contributed by atoms with E-state index in [4.69, 9.17) is 4.74 Å². The fourth-order valence-corrected chi connectivity index (χ4v) is 3.72. The molecule has 2 aromatic rings. The maximum atomic E-state index is 11.7. The Bertz CT molecular complexity index is 853. The van der Waals surface area contributed by atoms with Gasteiger partial charge in [0.05, 0.1) is 17.9 Å². The van der Waals surface area contributed by atoms with E-state index >= 15 is 0 Å². The molecule has 1 unspecified atom stereocenters. The highest BCUT2D eigenvalue weighted by Gasteiger charge is 2.33. The molecule has 0 radical (unpaired) electrons. The number of anilines is 1. The first-order valence-electron chi connectivity index (χ1n) is 9.51. The third kappa shape index (κ3) is 4.05. The summed E-state index contributed by atoms with van der Waals surface area (Å²) in [6.07, 6.45) is 3.01. The van der Waals surface area contributed by atoms with Gasteiger partial charge in [-0.3, -0.25) is 4.99 Å². The maximum Gasteiger partial charge on any atom is 0.338 e. The molecule has 27 heavy (non-hydrogen) atoms. The summed E-state index contributed by atoms with van der Waals surface area (Å²) in [5, 5.41) is 0. The van der Waals surface area contributed by atoms with Crippen LogP contribution in [0.4, 0.5) is 11.4 Å². The average Bonchev–Trinajstić information content (AvgIpc) is 2.65. The number of benzene rings is 2. The summed E-state index contributed by atoms with van der Waals surface area (Å²) in [7, 11) is 2.17. The Hall–Kier alpha value is -2.62. The van der Waals surface area contributed by atoms with Crippen LogP contribution in [0.25, 0.3) is 0 Å². The van der Waals surface area contributed by atoms with Crippen LogP contribution in [0.15, 0.2) is 47.5 Å². The van der Waals surface area contributed by atoms with Crippen molar-refractivity contribution in [2.24, 2.45) is 4.99 Å². The molecule has 2 aromatic carbocycles. The first kappa shape index (κ1) is 19.2. The van der Waals surface area contributed by atoms with E-state index in [0.717, 1.165) is 17.7 Å². The molecule has 0 bridgehead atoms. The third-order valence-electron chi connectivity index (χ3n) is 5.40. The minimum absolute atomic E-state index is 0.169. The van der Waals surface area contributed by atoms with Gasteiger partial charge in [0, 0.05) is 24.5 Å². The Morgan fingerprint density at radius 1 is 1.26 bits per heavy atom. The lowest BCUT2D eigenvalue weighted by Crippen LogP contribution is -2.45. The first-order valence-corrected chi connectivity index (χ1v) is 9.51. The van der Waals surface area contributed by atoms with Crippen LogP contribution in [0, 0.1) is 0 Å². The van der Waals surface area contributed by atoms with Crippen molar-refractivity contribution >= 4 is 23.6 Å². The van der Waals surface area contributed by atoms with Crippen molar-refractivity contribution < 1.29 is 9.53 Å². The summed E-state index contributed by atoms with van der Waals surface area (Å²) < 4.78 is 5.00. The molecule has 0 aliphatic carbocycles. The van der Waals surface area contributed by atoms with E-state index in [1.165, 1.54) is 11.3 Å². The van der Waals surface area contributed by atoms with Gasteiger partial charge >= 0.3 is 5.97 Å². The monoisotopic (exact) mass is 364 g/mol. The van der Waals surface area contributed by atoms with Crippen molar-refractivity contribution in [1.29, 1.82) is 0 Å². The van der Waals surface area contributed by atoms with Crippen LogP contribution in [0.5, 0.6) is 0 Å². The smallest absolute Gasteiger partial charge is 0.338 e. The van der Waals surface area contributed by atoms with E-state index in [1.807, 2.05) is 18.3 Å². The quantitative estimate of drug-likeness (QED) is 0.543. The van der Waals surface area contributed by atoms with E-state index in [-0.39, 0.29) is 11.5 Å². The molecule has 4 heteroatoms. The molecule has 0 fully saturated rings. The molecule has 0 amide bonds. The highest BCUT2D eigenvalue weighted by Crippen LogP contribution is 2.42. The second kappa shape index (κ2) is 7.55. The van der Waals surface area contributed by atoms with Gasteiger partial charge in [0.1, 0.15) is 0 Å². The molecule has 142 valence electrons. The predicted octanol–water partition coefficient (Wildman–Crippen LogP) is 5.34. The van der Waals surface area contributed by atoms with Crippen molar-refractivity contribution in [1.82, 2.24) is 0 Å². The molecule has 0 saturated heterocycles. The number of hydrogen-bond acceptors (Lipinski definition) is 4. The maximum absolute atomic E-state index is 11.7. The Labute approximate surface area is 161 Å². The van der Waals surface area contributed by atoms with Gasteiger partial charge in [-0.2, -0.15) is 0 Å². The molecule has 3 rings (SSSR count). The van der Waals surface area contributed by atoms with E-state index in [9.17, 15) is 4.79 Å². The van der Waals surface area contributed by atoms with Crippen LogP contribution in [0.1, 0.15) is 61.5 Å². The Kier molecular flexibility index (Phi) is 5.36. The van der Waals surface area contributed by atoms with Crippen LogP contribution in [-0.4, -0.2) is 31.4 Å². The summed E-state index contributed by atoms with van der Waals surface area (Å²) >= 11 is 0. The fourth-order valence-electron chi connectivity index (χ4n) is 3.72. The van der Waals surface area contributed by atoms with Gasteiger partial charge in [0.15, 0.2) is 0 Å². The van der Waals surface area contributed by atoms with Gasteiger partial charge in [-0.15, -0.1) is 0 Å². The lowest BCUT2D eigenvalue weighted by Gasteiger charge is -2.45. The SMILES string of the molecule is CCOC(=O)c1ccc(N=Cc2ccc3c(c2)C(C)CC(C)(C)N3C)cc1. The van der Waals surface area contributed by atoms with Crippen molar-refractivity contribution in [3.8, 4) is 0 Å². The van der Waals surface area contributed by atoms with Gasteiger partial charge in [-0.25, -0.2) is 4.79 Å². The van der Waals surface area contributed by atoms with Crippen molar-refractivity contribution in [2.45, 2.75) is 45.6 Å². The number of hydrogen-bond donors (Lipinski definition) is 0. The fraction of sp³-hybridized carbons (Fsp3) is 0.391. The molecule has 1 heterocycles. The summed E-state index contributed by atoms with van der Waals surface area (Å²) in [5.41, 5.74) is 5.29. The van der Waals surface area contributed by atoms with Gasteiger partial charge in [-0.05, 0) is 80.6 Å². The van der Waals surface area contributed by atoms with Crippen molar-refractivity contribution in [3.63, 3.8) is 0 Å². The number of ether oxygens (including phenoxy) is 1. The standard InChI is InChI=1S/C23H28N2O2/c1-6-27-22(26)18-8-10-19(11-9-18)24-15-17-7-12-21-20(13-17)16(2)14-23(3,4)25(21)5/h7-13,15-16H,6,14H2,1-5H3. The molecule has 0 spiro atoms. The number of carbonyl (C=O) groups is 1. The summed E-state index contributed by atoms with van der Waals surface area (Å²) in [6, 6.07) is 13.7. The van der Waals surface area contributed by atoms with E-state index in [1.54, 1.807) is 19.1 Å². The summed E-state index contributed by atoms with van der Waals surface area (Å²) in [5.74, 6) is 0.215. The highest BCUT2D eigenvalue weighted by molar-refractivity contribution is 5.90. The predicted molar refractivity (Wildman–Crippen MR) is 112 cm³/mol. The van der Waals surface area contributed by atoms with Gasteiger partial charge in [0.2, 0.25) is 0 Å². The van der Waals surface area contributed by atoms with Gasteiger partial charge in [-0.1, -0.05) is 13.0 Å². The topological polar surface area (TPSA) is 41.9 Å². The van der Waals surface area contributed by atoms with Crippen LogP contribution in [0.3, 0.4) is 0 Å². The number of fused-ring (bicyclic) bond motifs is 1. The summed E-state index contributed by atoms with van der Waals surface area (Å²) in [4.78, 5) is 18.6. The molecular formula is C23H28N2O2. The minimum Gasteiger partial charge on any atom is -0.462 e. The molecular weight excluding hydrogens is 336 g/mol. The third-order valence-corrected chi connectivity index (χ3v) is 5.40. The molecule has 0 N–H and O–H groups in total. The molecule has 1 aliphatic rings. The number of esters is 1. The number of nitrogens with zero attached hydrogens (tertiary/aromatic N) is 2. The van der Waals surface area contributed by atoms with E-state index < -0.39 is 0 Å². The van der Waals surface area contributed by atoms with E-state index in [2.05, 4.69) is 55.9 Å². The van der Waals surface area contributed by atoms with Crippen LogP contribution >= 0.6 is 0 Å². The zero-order valence-electron chi connectivity index (χ0n) is 16.8. The molecule has 0 saturated carbocycles. The van der Waals surface area contributed by atoms with Crippen molar-refractivity contribution in [2.75, 3.05) is 18.6 Å². The zero-order chi connectivity index (χ0) is 19.6. The number of aliphatic imine (C=N–C) groups is 1. The molecule has 1 aliphatic heterocycles. The van der Waals surface area contributed by atoms with Gasteiger partial charge < -0.3 is 9.64 Å². The first-order chi connectivity index (χ1) is 12.8. The number of carbonyl (C=O) groups excluding carboxylic acids is 1. The Balaban J connectivity index is 1.79. The van der Waals surface area contributed by atoms with Crippen LogP contribution < -0.4 is 4.90 Å². The second-order valence-electron chi connectivity index (χ2n) is 7.82. The lowest BCUT2D eigenvalue weighted by atomic mass is 9.80. The van der Waals surface area contributed by atoms with Crippen molar-refractivity contribution in [3.05, 3.63) is 59.2 Å². The zero-order valence-corrected chi connectivity index (χ0v) is 16.8. The minimum atomic E-state index is -0.302. The Morgan fingerprint density at radius 3 is 2.63 bits per heavy atom. The molecule has 4 nitrogen and oxygen atoms in total. The summed E-state index contributed by atoms with van der Waals surface area (Å²) in [6.45, 7) is 9.06. The largest absolute Gasteiger partial charge is 0.462 e. The number of rotatable bonds is 4. The van der Waals surface area contributed by atoms with Gasteiger partial charge in [0.25, 0.3) is 0 Å². The molecule has 1 atom stereocenters. The lowest BCUT2D eigenvalue weighted by molar-refractivity contribution is 0.0526. The normalized spacial score (nSPS) is 18.4.